The Morgan fingerprint density at radius 1 is 1.36 bits per heavy atom. The van der Waals surface area contributed by atoms with E-state index in [1.807, 2.05) is 0 Å². The zero-order chi connectivity index (χ0) is 8.54. The van der Waals surface area contributed by atoms with Crippen LogP contribution in [0.2, 0.25) is 0 Å². The van der Waals surface area contributed by atoms with Crippen LogP contribution in [0.5, 0.6) is 0 Å². The lowest BCUT2D eigenvalue weighted by Crippen LogP contribution is -2.46. The summed E-state index contributed by atoms with van der Waals surface area (Å²) in [5.41, 5.74) is 5.02. The molecule has 0 aromatic heterocycles. The summed E-state index contributed by atoms with van der Waals surface area (Å²) in [6.07, 6.45) is 4.16. The van der Waals surface area contributed by atoms with Gasteiger partial charge in [-0.05, 0) is 12.8 Å². The van der Waals surface area contributed by atoms with Crippen molar-refractivity contribution in [3.63, 3.8) is 0 Å². The molecular formula is C9H19NO. The second-order valence-electron chi connectivity index (χ2n) is 4.33. The molecule has 0 atom stereocenters. The molecule has 0 bridgehead atoms. The molecule has 66 valence electrons. The highest BCUT2D eigenvalue weighted by Crippen LogP contribution is 2.42. The molecule has 2 heteroatoms. The van der Waals surface area contributed by atoms with Crippen molar-refractivity contribution in [1.29, 1.82) is 0 Å². The number of nitrogens with two attached hydrogens (primary N) is 1. The first-order valence-corrected chi connectivity index (χ1v) is 4.44. The molecule has 0 heterocycles. The SMILES string of the molecule is CC(C)(CN)C1(O)CCCC1. The van der Waals surface area contributed by atoms with Crippen LogP contribution in [0.15, 0.2) is 0 Å². The fourth-order valence-electron chi connectivity index (χ4n) is 1.83. The summed E-state index contributed by atoms with van der Waals surface area (Å²) in [5, 5.41) is 10.1. The molecule has 0 aliphatic heterocycles. The van der Waals surface area contributed by atoms with E-state index in [2.05, 4.69) is 13.8 Å². The van der Waals surface area contributed by atoms with Crippen LogP contribution < -0.4 is 5.73 Å². The Morgan fingerprint density at radius 3 is 2.18 bits per heavy atom. The lowest BCUT2D eigenvalue weighted by atomic mass is 9.74. The van der Waals surface area contributed by atoms with Gasteiger partial charge < -0.3 is 10.8 Å². The van der Waals surface area contributed by atoms with Gasteiger partial charge in [0.1, 0.15) is 0 Å². The van der Waals surface area contributed by atoms with Gasteiger partial charge in [0.15, 0.2) is 0 Å². The summed E-state index contributed by atoms with van der Waals surface area (Å²) in [5.74, 6) is 0. The van der Waals surface area contributed by atoms with Crippen LogP contribution in [0.25, 0.3) is 0 Å². The fourth-order valence-corrected chi connectivity index (χ4v) is 1.83. The summed E-state index contributed by atoms with van der Waals surface area (Å²) in [6.45, 7) is 4.68. The largest absolute Gasteiger partial charge is 0.389 e. The van der Waals surface area contributed by atoms with E-state index in [1.54, 1.807) is 0 Å². The molecule has 0 radical (unpaired) electrons. The minimum Gasteiger partial charge on any atom is -0.389 e. The highest BCUT2D eigenvalue weighted by molar-refractivity contribution is 4.96. The van der Waals surface area contributed by atoms with Crippen molar-refractivity contribution in [1.82, 2.24) is 0 Å². The van der Waals surface area contributed by atoms with Crippen LogP contribution in [-0.2, 0) is 0 Å². The normalized spacial score (nSPS) is 24.0. The average molecular weight is 157 g/mol. The zero-order valence-electron chi connectivity index (χ0n) is 7.56. The van der Waals surface area contributed by atoms with E-state index in [0.717, 1.165) is 25.7 Å². The van der Waals surface area contributed by atoms with E-state index < -0.39 is 5.60 Å². The van der Waals surface area contributed by atoms with Crippen molar-refractivity contribution < 1.29 is 5.11 Å². The molecule has 0 saturated heterocycles. The summed E-state index contributed by atoms with van der Waals surface area (Å²) in [4.78, 5) is 0. The second kappa shape index (κ2) is 2.76. The molecule has 1 fully saturated rings. The molecule has 1 rings (SSSR count). The number of hydrogen-bond acceptors (Lipinski definition) is 2. The van der Waals surface area contributed by atoms with Crippen LogP contribution in [0.3, 0.4) is 0 Å². The summed E-state index contributed by atoms with van der Waals surface area (Å²) in [7, 11) is 0. The van der Waals surface area contributed by atoms with Gasteiger partial charge in [-0.2, -0.15) is 0 Å². The Hall–Kier alpha value is -0.0800. The predicted molar refractivity (Wildman–Crippen MR) is 46.3 cm³/mol. The first kappa shape index (κ1) is 9.01. The van der Waals surface area contributed by atoms with Crippen molar-refractivity contribution in [2.24, 2.45) is 11.1 Å². The molecule has 11 heavy (non-hydrogen) atoms. The highest BCUT2D eigenvalue weighted by Gasteiger charge is 2.44. The summed E-state index contributed by atoms with van der Waals surface area (Å²) < 4.78 is 0. The second-order valence-corrected chi connectivity index (χ2v) is 4.33. The maximum absolute atomic E-state index is 10.1. The van der Waals surface area contributed by atoms with Crippen molar-refractivity contribution in [3.8, 4) is 0 Å². The molecule has 2 nitrogen and oxygen atoms in total. The van der Waals surface area contributed by atoms with Gasteiger partial charge in [-0.25, -0.2) is 0 Å². The zero-order valence-corrected chi connectivity index (χ0v) is 7.56. The summed E-state index contributed by atoms with van der Waals surface area (Å²) in [6, 6.07) is 0. The lowest BCUT2D eigenvalue weighted by Gasteiger charge is -2.39. The Balaban J connectivity index is 2.69. The van der Waals surface area contributed by atoms with E-state index in [-0.39, 0.29) is 5.41 Å². The molecule has 0 aromatic rings. The van der Waals surface area contributed by atoms with E-state index >= 15 is 0 Å². The molecule has 3 N–H and O–H groups in total. The monoisotopic (exact) mass is 157 g/mol. The highest BCUT2D eigenvalue weighted by atomic mass is 16.3. The quantitative estimate of drug-likeness (QED) is 0.634. The van der Waals surface area contributed by atoms with Crippen LogP contribution >= 0.6 is 0 Å². The van der Waals surface area contributed by atoms with Gasteiger partial charge in [0.2, 0.25) is 0 Å². The first-order chi connectivity index (χ1) is 5.02. The van der Waals surface area contributed by atoms with Gasteiger partial charge in [0.25, 0.3) is 0 Å². The van der Waals surface area contributed by atoms with Crippen molar-refractivity contribution in [3.05, 3.63) is 0 Å². The smallest absolute Gasteiger partial charge is 0.0710 e. The van der Waals surface area contributed by atoms with E-state index in [1.165, 1.54) is 0 Å². The number of rotatable bonds is 2. The van der Waals surface area contributed by atoms with Gasteiger partial charge in [0.05, 0.1) is 5.60 Å². The van der Waals surface area contributed by atoms with Crippen molar-refractivity contribution in [2.45, 2.75) is 45.1 Å². The molecular weight excluding hydrogens is 138 g/mol. The van der Waals surface area contributed by atoms with Crippen LogP contribution in [0, 0.1) is 5.41 Å². The minimum absolute atomic E-state index is 0.108. The van der Waals surface area contributed by atoms with Gasteiger partial charge in [-0.1, -0.05) is 26.7 Å². The van der Waals surface area contributed by atoms with Crippen LogP contribution in [0.1, 0.15) is 39.5 Å². The van der Waals surface area contributed by atoms with Crippen molar-refractivity contribution >= 4 is 0 Å². The van der Waals surface area contributed by atoms with Gasteiger partial charge in [0, 0.05) is 12.0 Å². The van der Waals surface area contributed by atoms with Gasteiger partial charge >= 0.3 is 0 Å². The Labute approximate surface area is 68.8 Å². The Kier molecular flexibility index (Phi) is 2.26. The topological polar surface area (TPSA) is 46.2 Å². The third kappa shape index (κ3) is 1.42. The first-order valence-electron chi connectivity index (χ1n) is 4.44. The maximum Gasteiger partial charge on any atom is 0.0710 e. The molecule has 0 unspecified atom stereocenters. The van der Waals surface area contributed by atoms with E-state index in [9.17, 15) is 5.11 Å². The third-order valence-electron chi connectivity index (χ3n) is 3.20. The standard InChI is InChI=1S/C9H19NO/c1-8(2,7-10)9(11)5-3-4-6-9/h11H,3-7,10H2,1-2H3. The predicted octanol–water partition coefficient (Wildman–Crippen LogP) is 1.28. The molecule has 0 spiro atoms. The number of hydrogen-bond donors (Lipinski definition) is 2. The van der Waals surface area contributed by atoms with Gasteiger partial charge in [-0.15, -0.1) is 0 Å². The molecule has 1 aliphatic rings. The third-order valence-corrected chi connectivity index (χ3v) is 3.20. The van der Waals surface area contributed by atoms with Gasteiger partial charge in [-0.3, -0.25) is 0 Å². The van der Waals surface area contributed by atoms with Crippen LogP contribution in [0.4, 0.5) is 0 Å². The fraction of sp³-hybridized carbons (Fsp3) is 1.00. The van der Waals surface area contributed by atoms with E-state index in [0.29, 0.717) is 6.54 Å². The van der Waals surface area contributed by atoms with Crippen molar-refractivity contribution in [2.75, 3.05) is 6.54 Å². The number of aliphatic hydroxyl groups is 1. The molecule has 1 aliphatic carbocycles. The molecule has 0 aromatic carbocycles. The summed E-state index contributed by atoms with van der Waals surface area (Å²) >= 11 is 0. The maximum atomic E-state index is 10.1. The average Bonchev–Trinajstić information content (AvgIpc) is 2.38. The van der Waals surface area contributed by atoms with Crippen LogP contribution in [-0.4, -0.2) is 17.3 Å². The molecule has 1 saturated carbocycles. The molecule has 0 amide bonds. The Morgan fingerprint density at radius 2 is 1.82 bits per heavy atom. The minimum atomic E-state index is -0.484. The lowest BCUT2D eigenvalue weighted by molar-refractivity contribution is -0.0561. The van der Waals surface area contributed by atoms with E-state index in [4.69, 9.17) is 5.73 Å². The Bertz CT molecular complexity index is 136.